The summed E-state index contributed by atoms with van der Waals surface area (Å²) in [7, 11) is 0. The van der Waals surface area contributed by atoms with Gasteiger partial charge in [0, 0.05) is 20.8 Å². The maximum absolute atomic E-state index is 12.1. The van der Waals surface area contributed by atoms with E-state index in [-0.39, 0.29) is 0 Å². The normalized spacial score (nSPS) is 43.5. The van der Waals surface area contributed by atoms with E-state index >= 15 is 0 Å². The summed E-state index contributed by atoms with van der Waals surface area (Å²) in [5, 5.41) is 77.9. The van der Waals surface area contributed by atoms with Crippen LogP contribution in [0.25, 0.3) is 0 Å². The lowest BCUT2D eigenvalue weighted by atomic mass is 9.94. The fourth-order valence-electron chi connectivity index (χ4n) is 5.10. The first-order valence-electron chi connectivity index (χ1n) is 13.5. The van der Waals surface area contributed by atoms with E-state index in [2.05, 4.69) is 10.6 Å². The molecule has 0 aliphatic carbocycles. The van der Waals surface area contributed by atoms with Gasteiger partial charge in [-0.25, -0.2) is 0 Å². The molecule has 3 heterocycles. The molecule has 19 heteroatoms. The van der Waals surface area contributed by atoms with Crippen LogP contribution in [0.2, 0.25) is 0 Å². The number of nitrogens with one attached hydrogen (secondary N) is 2. The summed E-state index contributed by atoms with van der Waals surface area (Å²) in [6, 6.07) is -4.25. The Labute approximate surface area is 245 Å². The van der Waals surface area contributed by atoms with Crippen LogP contribution >= 0.6 is 0 Å². The first kappa shape index (κ1) is 35.4. The second-order valence-corrected chi connectivity index (χ2v) is 10.5. The highest BCUT2D eigenvalue weighted by Crippen LogP contribution is 2.32. The van der Waals surface area contributed by atoms with E-state index in [4.69, 9.17) is 34.2 Å². The standard InChI is InChI=1S/C24H41N3O16/c1-7(30)26-14-18(35)20(10(4-28)39-22(14)37)43-24-15(27-8(2)31)19(36)21(11(5-29)40-24)42-23-13(25)17(34)16(33)12(41-23)6-38-9(3)32/h10-24,28-29,33-37H,4-6,25H2,1-3H3,(H,26,30)(H,27,31)/t10-,11-,12-,13-,14-,15-,16-,17-,18-,19-,20-,21-,22-,23+,24+/m1/s1. The van der Waals surface area contributed by atoms with Gasteiger partial charge in [-0.1, -0.05) is 0 Å². The van der Waals surface area contributed by atoms with Crippen molar-refractivity contribution >= 4 is 17.8 Å². The van der Waals surface area contributed by atoms with Gasteiger partial charge in [0.2, 0.25) is 11.8 Å². The Morgan fingerprint density at radius 3 is 1.72 bits per heavy atom. The third-order valence-corrected chi connectivity index (χ3v) is 7.25. The van der Waals surface area contributed by atoms with Gasteiger partial charge in [-0.15, -0.1) is 0 Å². The number of carbonyl (C=O) groups excluding carboxylic acids is 3. The number of rotatable bonds is 10. The minimum Gasteiger partial charge on any atom is -0.463 e. The molecular formula is C24H41N3O16. The molecule has 0 aromatic rings. The number of hydrogen-bond acceptors (Lipinski definition) is 17. The van der Waals surface area contributed by atoms with Crippen molar-refractivity contribution < 1.29 is 78.6 Å². The molecule has 0 unspecified atom stereocenters. The van der Waals surface area contributed by atoms with Gasteiger partial charge in [-0.3, -0.25) is 14.4 Å². The zero-order chi connectivity index (χ0) is 32.2. The Morgan fingerprint density at radius 2 is 1.19 bits per heavy atom. The van der Waals surface area contributed by atoms with Crippen molar-refractivity contribution in [2.45, 2.75) is 113 Å². The van der Waals surface area contributed by atoms with Gasteiger partial charge in [0.25, 0.3) is 0 Å². The Balaban J connectivity index is 1.84. The monoisotopic (exact) mass is 627 g/mol. The van der Waals surface area contributed by atoms with Gasteiger partial charge in [0.15, 0.2) is 18.9 Å². The van der Waals surface area contributed by atoms with Crippen LogP contribution in [0, 0.1) is 0 Å². The lowest BCUT2D eigenvalue weighted by Gasteiger charge is -2.49. The second kappa shape index (κ2) is 15.3. The lowest BCUT2D eigenvalue weighted by molar-refractivity contribution is -0.350. The smallest absolute Gasteiger partial charge is 0.302 e. The Kier molecular flexibility index (Phi) is 12.5. The molecule has 15 atom stereocenters. The van der Waals surface area contributed by atoms with Crippen LogP contribution in [0.5, 0.6) is 0 Å². The van der Waals surface area contributed by atoms with Crippen molar-refractivity contribution in [1.82, 2.24) is 10.6 Å². The van der Waals surface area contributed by atoms with E-state index in [0.29, 0.717) is 0 Å². The summed E-state index contributed by atoms with van der Waals surface area (Å²) in [5.74, 6) is -1.98. The average molecular weight is 628 g/mol. The van der Waals surface area contributed by atoms with Gasteiger partial charge in [0.05, 0.1) is 19.3 Å². The molecule has 248 valence electrons. The molecule has 3 rings (SSSR count). The summed E-state index contributed by atoms with van der Waals surface area (Å²) in [6.07, 6.45) is -18.6. The number of esters is 1. The average Bonchev–Trinajstić information content (AvgIpc) is 2.94. The van der Waals surface area contributed by atoms with E-state index in [0.717, 1.165) is 20.8 Å². The molecule has 0 radical (unpaired) electrons. The third-order valence-electron chi connectivity index (χ3n) is 7.25. The maximum atomic E-state index is 12.1. The molecule has 0 aromatic heterocycles. The highest BCUT2D eigenvalue weighted by molar-refractivity contribution is 5.73. The number of carbonyl (C=O) groups is 3. The predicted octanol–water partition coefficient (Wildman–Crippen LogP) is -6.75. The van der Waals surface area contributed by atoms with E-state index in [9.17, 15) is 50.1 Å². The zero-order valence-corrected chi connectivity index (χ0v) is 23.7. The summed E-state index contributed by atoms with van der Waals surface area (Å²) in [6.45, 7) is 1.33. The van der Waals surface area contributed by atoms with Crippen LogP contribution in [-0.4, -0.2) is 165 Å². The number of hydrogen-bond donors (Lipinski definition) is 10. The van der Waals surface area contributed by atoms with Crippen LogP contribution in [0.4, 0.5) is 0 Å². The van der Waals surface area contributed by atoms with Crippen LogP contribution in [0.1, 0.15) is 20.8 Å². The van der Waals surface area contributed by atoms with Crippen molar-refractivity contribution in [3.05, 3.63) is 0 Å². The zero-order valence-electron chi connectivity index (χ0n) is 23.7. The molecule has 0 saturated carbocycles. The highest BCUT2D eigenvalue weighted by atomic mass is 16.7. The van der Waals surface area contributed by atoms with Gasteiger partial charge >= 0.3 is 5.97 Å². The van der Waals surface area contributed by atoms with Gasteiger partial charge in [0.1, 0.15) is 73.6 Å². The third kappa shape index (κ3) is 8.34. The number of amides is 2. The van der Waals surface area contributed by atoms with Crippen LogP contribution in [0.15, 0.2) is 0 Å². The summed E-state index contributed by atoms with van der Waals surface area (Å²) in [5.41, 5.74) is 5.99. The van der Waals surface area contributed by atoms with Crippen molar-refractivity contribution in [2.75, 3.05) is 19.8 Å². The van der Waals surface area contributed by atoms with Gasteiger partial charge in [-0.2, -0.15) is 0 Å². The van der Waals surface area contributed by atoms with Crippen molar-refractivity contribution in [3.63, 3.8) is 0 Å². The molecule has 0 spiro atoms. The quantitative estimate of drug-likeness (QED) is 0.101. The van der Waals surface area contributed by atoms with E-state index in [1.165, 1.54) is 0 Å². The molecule has 19 nitrogen and oxygen atoms in total. The van der Waals surface area contributed by atoms with Gasteiger partial charge in [-0.05, 0) is 0 Å². The SMILES string of the molecule is CC(=O)N[C@@H]1[C@@H](O)[C@H](O[C@@H]2O[C@H](CO)[C@@H](O[C@@H]3O[C@H](COC(C)=O)[C@@H](O)[C@H](O)[C@H]3N)[C@H](O)[C@H]2NC(C)=O)[C@@H](CO)O[C@H]1O. The van der Waals surface area contributed by atoms with Crippen LogP contribution in [0.3, 0.4) is 0 Å². The first-order valence-corrected chi connectivity index (χ1v) is 13.5. The maximum Gasteiger partial charge on any atom is 0.302 e. The molecule has 3 saturated heterocycles. The van der Waals surface area contributed by atoms with E-state index < -0.39 is 130 Å². The van der Waals surface area contributed by atoms with E-state index in [1.54, 1.807) is 0 Å². The highest BCUT2D eigenvalue weighted by Gasteiger charge is 2.54. The minimum absolute atomic E-state index is 0.469. The molecule has 11 N–H and O–H groups in total. The molecule has 3 aliphatic heterocycles. The molecule has 43 heavy (non-hydrogen) atoms. The first-order chi connectivity index (χ1) is 20.2. The molecule has 2 amide bonds. The van der Waals surface area contributed by atoms with Crippen LogP contribution < -0.4 is 16.4 Å². The number of ether oxygens (including phenoxy) is 6. The van der Waals surface area contributed by atoms with Gasteiger partial charge < -0.3 is 80.5 Å². The molecule has 0 bridgehead atoms. The number of aliphatic hydroxyl groups is 7. The lowest BCUT2D eigenvalue weighted by Crippen LogP contribution is -2.70. The molecule has 0 aromatic carbocycles. The minimum atomic E-state index is -1.74. The molecule has 3 aliphatic rings. The molecule has 3 fully saturated rings. The Hall–Kier alpha value is -2.11. The van der Waals surface area contributed by atoms with Crippen LogP contribution in [-0.2, 0) is 42.8 Å². The fourth-order valence-corrected chi connectivity index (χ4v) is 5.10. The summed E-state index contributed by atoms with van der Waals surface area (Å²) >= 11 is 0. The van der Waals surface area contributed by atoms with Crippen molar-refractivity contribution in [1.29, 1.82) is 0 Å². The fraction of sp³-hybridized carbons (Fsp3) is 0.875. The largest absolute Gasteiger partial charge is 0.463 e. The Morgan fingerprint density at radius 1 is 0.698 bits per heavy atom. The van der Waals surface area contributed by atoms with Crippen molar-refractivity contribution in [2.24, 2.45) is 5.73 Å². The number of nitrogens with two attached hydrogens (primary N) is 1. The number of aliphatic hydroxyl groups excluding tert-OH is 7. The Bertz CT molecular complexity index is 962. The molecular weight excluding hydrogens is 586 g/mol. The van der Waals surface area contributed by atoms with E-state index in [1.807, 2.05) is 0 Å². The summed E-state index contributed by atoms with van der Waals surface area (Å²) in [4.78, 5) is 34.9. The second-order valence-electron chi connectivity index (χ2n) is 10.5. The van der Waals surface area contributed by atoms with Crippen molar-refractivity contribution in [3.8, 4) is 0 Å². The predicted molar refractivity (Wildman–Crippen MR) is 136 cm³/mol. The summed E-state index contributed by atoms with van der Waals surface area (Å²) < 4.78 is 33.2. The topological polar surface area (TPSA) is 298 Å².